The zero-order chi connectivity index (χ0) is 36.1. The van der Waals surface area contributed by atoms with E-state index in [-0.39, 0.29) is 16.7 Å². The molecule has 2 aromatic rings. The number of rotatable bonds is 23. The van der Waals surface area contributed by atoms with Gasteiger partial charge in [-0.3, -0.25) is 10.3 Å². The van der Waals surface area contributed by atoms with Crippen molar-refractivity contribution < 1.29 is 15.1 Å². The van der Waals surface area contributed by atoms with E-state index < -0.39 is 0 Å². The Balaban J connectivity index is 0.000000341. The minimum atomic E-state index is -0.281. The molecule has 0 fully saturated rings. The third-order valence-corrected chi connectivity index (χ3v) is 10.1. The summed E-state index contributed by atoms with van der Waals surface area (Å²) in [7, 11) is 1.56. The second-order valence-electron chi connectivity index (χ2n) is 14.9. The SMILES string of the molecule is CCCCCCC(C)(C)c1ccc2c(c1)N(O)C(C)(C)C(CCN)C2.COc1cc(CNCCCNCCCCNCCCN)ccc1O. The molecule has 9 N–H and O–H groups in total. The van der Waals surface area contributed by atoms with Crippen LogP contribution in [0.25, 0.3) is 0 Å². The van der Waals surface area contributed by atoms with E-state index >= 15 is 0 Å². The molecule has 0 aliphatic carbocycles. The van der Waals surface area contributed by atoms with Gasteiger partial charge in [-0.15, -0.1) is 0 Å². The molecule has 0 amide bonds. The number of phenols is 1. The molecule has 1 unspecified atom stereocenters. The van der Waals surface area contributed by atoms with Gasteiger partial charge in [-0.2, -0.15) is 0 Å². The third kappa shape index (κ3) is 14.8. The van der Waals surface area contributed by atoms with E-state index in [2.05, 4.69) is 68.8 Å². The number of hydrogen-bond acceptors (Lipinski definition) is 9. The predicted molar refractivity (Wildman–Crippen MR) is 207 cm³/mol. The zero-order valence-corrected chi connectivity index (χ0v) is 31.9. The van der Waals surface area contributed by atoms with Gasteiger partial charge < -0.3 is 37.3 Å². The van der Waals surface area contributed by atoms with Crippen molar-refractivity contribution in [3.05, 3.63) is 53.1 Å². The first kappa shape index (κ1) is 42.8. The normalized spacial score (nSPS) is 15.4. The van der Waals surface area contributed by atoms with Crippen molar-refractivity contribution in [1.82, 2.24) is 16.0 Å². The van der Waals surface area contributed by atoms with Crippen LogP contribution in [0.15, 0.2) is 36.4 Å². The van der Waals surface area contributed by atoms with Crippen molar-refractivity contribution in [1.29, 1.82) is 0 Å². The molecule has 280 valence electrons. The van der Waals surface area contributed by atoms with Gasteiger partial charge in [0.05, 0.1) is 18.3 Å². The van der Waals surface area contributed by atoms with Crippen LogP contribution in [-0.4, -0.2) is 68.8 Å². The largest absolute Gasteiger partial charge is 0.504 e. The molecule has 1 atom stereocenters. The van der Waals surface area contributed by atoms with Crippen LogP contribution in [0, 0.1) is 5.92 Å². The van der Waals surface area contributed by atoms with Crippen molar-refractivity contribution in [3.8, 4) is 11.5 Å². The molecule has 1 aliphatic rings. The lowest BCUT2D eigenvalue weighted by atomic mass is 9.74. The Hall–Kier alpha value is -2.40. The summed E-state index contributed by atoms with van der Waals surface area (Å²) < 4.78 is 5.11. The number of nitrogens with one attached hydrogen (secondary N) is 3. The number of unbranched alkanes of at least 4 members (excludes halogenated alkanes) is 4. The number of nitrogens with two attached hydrogens (primary N) is 2. The summed E-state index contributed by atoms with van der Waals surface area (Å²) in [5.41, 5.74) is 15.8. The quantitative estimate of drug-likeness (QED) is 0.0644. The maximum Gasteiger partial charge on any atom is 0.160 e. The van der Waals surface area contributed by atoms with Gasteiger partial charge in [-0.1, -0.05) is 64.7 Å². The number of aromatic hydroxyl groups is 1. The maximum absolute atomic E-state index is 10.9. The summed E-state index contributed by atoms with van der Waals surface area (Å²) in [6.07, 6.45) is 12.9. The molecule has 0 radical (unpaired) electrons. The fraction of sp³-hybridized carbons (Fsp3) is 0.700. The molecule has 0 bridgehead atoms. The van der Waals surface area contributed by atoms with Gasteiger partial charge in [0.25, 0.3) is 0 Å². The van der Waals surface area contributed by atoms with E-state index in [0.717, 1.165) is 82.7 Å². The average Bonchev–Trinajstić information content (AvgIpc) is 3.08. The molecule has 2 aromatic carbocycles. The first-order chi connectivity index (χ1) is 23.5. The Kier molecular flexibility index (Phi) is 20.2. The van der Waals surface area contributed by atoms with Gasteiger partial charge in [0.2, 0.25) is 0 Å². The number of hydroxylamine groups is 1. The average molecular weight is 685 g/mol. The fourth-order valence-corrected chi connectivity index (χ4v) is 6.53. The minimum absolute atomic E-state index is 0.141. The number of hydrogen-bond donors (Lipinski definition) is 7. The van der Waals surface area contributed by atoms with Gasteiger partial charge >= 0.3 is 0 Å². The molecule has 0 saturated carbocycles. The molecular weight excluding hydrogens is 612 g/mol. The van der Waals surface area contributed by atoms with Crippen molar-refractivity contribution in [2.45, 2.75) is 123 Å². The van der Waals surface area contributed by atoms with Crippen molar-refractivity contribution in [2.24, 2.45) is 17.4 Å². The highest BCUT2D eigenvalue weighted by Crippen LogP contribution is 2.42. The Morgan fingerprint density at radius 1 is 0.857 bits per heavy atom. The standard InChI is InChI=1S/C22H38N2O.C18H34N4O2/c1-6-7-8-9-13-21(2,3)18-11-10-17-15-19(12-14-23)22(4,5)24(25)20(17)16-18;1-24-18-14-16(6-7-17(18)23)15-22-13-5-12-21-10-3-2-9-20-11-4-8-19/h10-11,16,19,25H,6-9,12-15,23H2,1-5H3;6-7,14,20-23H,2-5,8-13,15,19H2,1H3. The van der Waals surface area contributed by atoms with Crippen LogP contribution >= 0.6 is 0 Å². The van der Waals surface area contributed by atoms with Crippen LogP contribution in [0.3, 0.4) is 0 Å². The van der Waals surface area contributed by atoms with Gasteiger partial charge in [0.15, 0.2) is 11.5 Å². The Morgan fingerprint density at radius 3 is 2.18 bits per heavy atom. The van der Waals surface area contributed by atoms with E-state index in [4.69, 9.17) is 16.2 Å². The number of fused-ring (bicyclic) bond motifs is 1. The van der Waals surface area contributed by atoms with Crippen LogP contribution < -0.4 is 37.2 Å². The molecule has 1 aliphatic heterocycles. The van der Waals surface area contributed by atoms with E-state index in [1.165, 1.54) is 61.1 Å². The second kappa shape index (κ2) is 23.1. The van der Waals surface area contributed by atoms with Crippen LogP contribution in [0.2, 0.25) is 0 Å². The Labute approximate surface area is 298 Å². The first-order valence-electron chi connectivity index (χ1n) is 19.0. The highest BCUT2D eigenvalue weighted by atomic mass is 16.5. The monoisotopic (exact) mass is 685 g/mol. The van der Waals surface area contributed by atoms with Crippen molar-refractivity contribution in [2.75, 3.05) is 58.0 Å². The zero-order valence-electron chi connectivity index (χ0n) is 31.9. The number of phenolic OH excluding ortho intramolecular Hbond substituents is 1. The minimum Gasteiger partial charge on any atom is -0.504 e. The number of ether oxygens (including phenoxy) is 1. The highest BCUT2D eigenvalue weighted by molar-refractivity contribution is 5.58. The van der Waals surface area contributed by atoms with Gasteiger partial charge in [-0.05, 0) is 151 Å². The first-order valence-corrected chi connectivity index (χ1v) is 19.0. The lowest BCUT2D eigenvalue weighted by Gasteiger charge is -2.46. The molecule has 0 aromatic heterocycles. The summed E-state index contributed by atoms with van der Waals surface area (Å²) in [5, 5.41) is 32.2. The number of benzene rings is 2. The lowest BCUT2D eigenvalue weighted by Crippen LogP contribution is -2.52. The number of nitrogens with zero attached hydrogens (tertiary/aromatic N) is 1. The van der Waals surface area contributed by atoms with Crippen LogP contribution in [0.1, 0.15) is 116 Å². The van der Waals surface area contributed by atoms with Crippen LogP contribution in [0.4, 0.5) is 5.69 Å². The molecular formula is C40H72N6O3. The van der Waals surface area contributed by atoms with Gasteiger partial charge in [0, 0.05) is 6.54 Å². The highest BCUT2D eigenvalue weighted by Gasteiger charge is 2.40. The van der Waals surface area contributed by atoms with Crippen molar-refractivity contribution in [3.63, 3.8) is 0 Å². The lowest BCUT2D eigenvalue weighted by molar-refractivity contribution is 0.109. The maximum atomic E-state index is 10.9. The molecule has 1 heterocycles. The van der Waals surface area contributed by atoms with Crippen LogP contribution in [-0.2, 0) is 18.4 Å². The topological polar surface area (TPSA) is 141 Å². The summed E-state index contributed by atoms with van der Waals surface area (Å²) in [6, 6.07) is 12.1. The third-order valence-electron chi connectivity index (χ3n) is 10.1. The predicted octanol–water partition coefficient (Wildman–Crippen LogP) is 6.62. The van der Waals surface area contributed by atoms with Gasteiger partial charge in [-0.25, -0.2) is 0 Å². The smallest absolute Gasteiger partial charge is 0.160 e. The summed E-state index contributed by atoms with van der Waals surface area (Å²) in [4.78, 5) is 0. The van der Waals surface area contributed by atoms with Gasteiger partial charge in [0.1, 0.15) is 0 Å². The summed E-state index contributed by atoms with van der Waals surface area (Å²) >= 11 is 0. The van der Waals surface area contributed by atoms with E-state index in [1.54, 1.807) is 13.2 Å². The molecule has 49 heavy (non-hydrogen) atoms. The van der Waals surface area contributed by atoms with E-state index in [0.29, 0.717) is 18.2 Å². The fourth-order valence-electron chi connectivity index (χ4n) is 6.53. The Morgan fingerprint density at radius 2 is 1.53 bits per heavy atom. The number of anilines is 1. The molecule has 0 saturated heterocycles. The Bertz CT molecular complexity index is 1170. The molecule has 0 spiro atoms. The molecule has 9 nitrogen and oxygen atoms in total. The second-order valence-corrected chi connectivity index (χ2v) is 14.9. The molecule has 9 heteroatoms. The summed E-state index contributed by atoms with van der Waals surface area (Å²) in [6.45, 7) is 18.6. The molecule has 3 rings (SSSR count). The summed E-state index contributed by atoms with van der Waals surface area (Å²) in [5.74, 6) is 1.08. The van der Waals surface area contributed by atoms with E-state index in [9.17, 15) is 10.3 Å². The number of methoxy groups -OCH3 is 1. The van der Waals surface area contributed by atoms with Crippen molar-refractivity contribution >= 4 is 5.69 Å². The van der Waals surface area contributed by atoms with Crippen LogP contribution in [0.5, 0.6) is 11.5 Å². The van der Waals surface area contributed by atoms with E-state index in [1.807, 2.05) is 12.1 Å².